The van der Waals surface area contributed by atoms with Crippen molar-refractivity contribution in [2.45, 2.75) is 0 Å². The zero-order valence-corrected chi connectivity index (χ0v) is 14.0. The fourth-order valence-electron chi connectivity index (χ4n) is 1.33. The summed E-state index contributed by atoms with van der Waals surface area (Å²) in [4.78, 5) is 13.9. The second-order valence-corrected chi connectivity index (χ2v) is 7.48. The van der Waals surface area contributed by atoms with Crippen LogP contribution in [0.25, 0.3) is 0 Å². The summed E-state index contributed by atoms with van der Waals surface area (Å²) in [5.74, 6) is 0.0773. The van der Waals surface area contributed by atoms with Gasteiger partial charge in [-0.1, -0.05) is 0 Å². The third-order valence-corrected chi connectivity index (χ3v) is 4.56. The molecule has 0 saturated carbocycles. The van der Waals surface area contributed by atoms with Crippen LogP contribution >= 0.6 is 43.2 Å². The first-order valence-electron chi connectivity index (χ1n) is 5.39. The quantitative estimate of drug-likeness (QED) is 0.537. The van der Waals surface area contributed by atoms with Crippen molar-refractivity contribution < 1.29 is 14.6 Å². The molecular formula is C11H15Br2NO3S. The molecule has 0 aliphatic carbocycles. The number of carbonyl (C=O) groups excluding carboxylic acids is 1. The third-order valence-electron chi connectivity index (χ3n) is 2.22. The first-order chi connectivity index (χ1) is 8.54. The molecule has 0 aliphatic heterocycles. The van der Waals surface area contributed by atoms with Gasteiger partial charge in [-0.3, -0.25) is 9.69 Å². The Hall–Kier alpha value is 0.210. The van der Waals surface area contributed by atoms with Crippen molar-refractivity contribution in [3.8, 4) is 0 Å². The third kappa shape index (κ3) is 5.46. The number of ketones is 1. The van der Waals surface area contributed by atoms with Gasteiger partial charge in [-0.15, -0.1) is 11.3 Å². The Morgan fingerprint density at radius 2 is 2.22 bits per heavy atom. The number of aliphatic hydroxyl groups excluding tert-OH is 1. The lowest BCUT2D eigenvalue weighted by molar-refractivity contribution is 0.0739. The summed E-state index contributed by atoms with van der Waals surface area (Å²) in [6, 6.07) is 1.83. The molecule has 0 fully saturated rings. The van der Waals surface area contributed by atoms with Gasteiger partial charge in [0.05, 0.1) is 33.9 Å². The number of aliphatic hydroxyl groups is 1. The van der Waals surface area contributed by atoms with E-state index in [4.69, 9.17) is 9.84 Å². The van der Waals surface area contributed by atoms with E-state index in [2.05, 4.69) is 31.9 Å². The lowest BCUT2D eigenvalue weighted by atomic mass is 10.2. The van der Waals surface area contributed by atoms with E-state index >= 15 is 0 Å². The summed E-state index contributed by atoms with van der Waals surface area (Å²) in [6.07, 6.45) is 0. The minimum atomic E-state index is 0.0263. The van der Waals surface area contributed by atoms with Gasteiger partial charge in [-0.2, -0.15) is 0 Å². The van der Waals surface area contributed by atoms with Crippen LogP contribution in [-0.2, 0) is 4.74 Å². The summed E-state index contributed by atoms with van der Waals surface area (Å²) >= 11 is 8.22. The molecule has 18 heavy (non-hydrogen) atoms. The van der Waals surface area contributed by atoms with Crippen LogP contribution in [0.3, 0.4) is 0 Å². The van der Waals surface area contributed by atoms with E-state index in [1.807, 2.05) is 18.0 Å². The molecule has 1 N–H and O–H groups in total. The van der Waals surface area contributed by atoms with Gasteiger partial charge in [0.15, 0.2) is 5.78 Å². The number of hydrogen-bond donors (Lipinski definition) is 1. The Kier molecular flexibility index (Phi) is 7.59. The van der Waals surface area contributed by atoms with E-state index in [0.29, 0.717) is 31.9 Å². The normalized spacial score (nSPS) is 11.2. The number of ether oxygens (including phenoxy) is 1. The summed E-state index contributed by atoms with van der Waals surface area (Å²) in [5, 5.41) is 8.56. The van der Waals surface area contributed by atoms with E-state index in [0.717, 1.165) is 7.57 Å². The summed E-state index contributed by atoms with van der Waals surface area (Å²) in [7, 11) is 1.87. The van der Waals surface area contributed by atoms with Crippen LogP contribution in [0.1, 0.15) is 10.4 Å². The molecule has 0 atom stereocenters. The van der Waals surface area contributed by atoms with Gasteiger partial charge in [0.1, 0.15) is 0 Å². The maximum Gasteiger partial charge on any atom is 0.178 e. The number of thiophene rings is 1. The molecule has 0 unspecified atom stereocenters. The van der Waals surface area contributed by atoms with Crippen LogP contribution in [0.5, 0.6) is 0 Å². The Morgan fingerprint density at radius 1 is 1.50 bits per heavy atom. The number of rotatable bonds is 8. The topological polar surface area (TPSA) is 49.8 Å². The number of Topliss-reactive ketones (excluding diaryl/α,β-unsaturated/α-hetero) is 1. The predicted molar refractivity (Wildman–Crippen MR) is 79.5 cm³/mol. The fraction of sp³-hybridized carbons (Fsp3) is 0.545. The van der Waals surface area contributed by atoms with Gasteiger partial charge in [0.25, 0.3) is 0 Å². The highest BCUT2D eigenvalue weighted by Crippen LogP contribution is 2.32. The molecule has 0 spiro atoms. The molecule has 1 rings (SSSR count). The molecule has 7 heteroatoms. The van der Waals surface area contributed by atoms with Crippen molar-refractivity contribution in [1.82, 2.24) is 4.90 Å². The fourth-order valence-corrected chi connectivity index (χ4v) is 4.18. The maximum atomic E-state index is 12.0. The van der Waals surface area contributed by atoms with Crippen molar-refractivity contribution in [1.29, 1.82) is 0 Å². The summed E-state index contributed by atoms with van der Waals surface area (Å²) < 4.78 is 6.94. The Morgan fingerprint density at radius 3 is 2.78 bits per heavy atom. The highest BCUT2D eigenvalue weighted by Gasteiger charge is 2.15. The Balaban J connectivity index is 2.37. The number of halogens is 2. The Labute approximate surface area is 127 Å². The molecule has 0 aromatic carbocycles. The van der Waals surface area contributed by atoms with Crippen molar-refractivity contribution in [2.24, 2.45) is 0 Å². The standard InChI is InChI=1S/C11H15Br2NO3S/c1-14(2-4-17-5-3-15)7-9(16)8-6-10(12)18-11(8)13/h6,15H,2-5,7H2,1H3. The molecule has 0 bridgehead atoms. The van der Waals surface area contributed by atoms with Crippen LogP contribution in [0.15, 0.2) is 13.6 Å². The molecule has 0 radical (unpaired) electrons. The smallest absolute Gasteiger partial charge is 0.178 e. The molecule has 0 aliphatic rings. The number of nitrogens with zero attached hydrogens (tertiary/aromatic N) is 1. The minimum Gasteiger partial charge on any atom is -0.394 e. The van der Waals surface area contributed by atoms with Gasteiger partial charge in [-0.05, 0) is 45.0 Å². The van der Waals surface area contributed by atoms with Crippen LogP contribution in [0, 0.1) is 0 Å². The molecule has 102 valence electrons. The van der Waals surface area contributed by atoms with Crippen LogP contribution < -0.4 is 0 Å². The monoisotopic (exact) mass is 399 g/mol. The second-order valence-electron chi connectivity index (χ2n) is 3.73. The van der Waals surface area contributed by atoms with Crippen molar-refractivity contribution in [3.05, 3.63) is 19.2 Å². The van der Waals surface area contributed by atoms with Crippen molar-refractivity contribution in [2.75, 3.05) is 40.0 Å². The highest BCUT2D eigenvalue weighted by molar-refractivity contribution is 9.12. The lowest BCUT2D eigenvalue weighted by Gasteiger charge is -2.15. The minimum absolute atomic E-state index is 0.0263. The first kappa shape index (κ1) is 16.3. The van der Waals surface area contributed by atoms with Crippen LogP contribution in [0.4, 0.5) is 0 Å². The van der Waals surface area contributed by atoms with Gasteiger partial charge in [0, 0.05) is 12.1 Å². The first-order valence-corrected chi connectivity index (χ1v) is 7.80. The van der Waals surface area contributed by atoms with E-state index in [1.165, 1.54) is 11.3 Å². The highest BCUT2D eigenvalue weighted by atomic mass is 79.9. The number of carbonyl (C=O) groups is 1. The van der Waals surface area contributed by atoms with E-state index in [-0.39, 0.29) is 12.4 Å². The predicted octanol–water partition coefficient (Wildman–Crippen LogP) is 2.40. The SMILES string of the molecule is CN(CCOCCO)CC(=O)c1cc(Br)sc1Br. The molecule has 4 nitrogen and oxygen atoms in total. The maximum absolute atomic E-state index is 12.0. The average molecular weight is 401 g/mol. The number of hydrogen-bond acceptors (Lipinski definition) is 5. The zero-order chi connectivity index (χ0) is 13.5. The average Bonchev–Trinajstić information content (AvgIpc) is 2.64. The van der Waals surface area contributed by atoms with E-state index in [1.54, 1.807) is 0 Å². The second kappa shape index (κ2) is 8.39. The Bertz CT molecular complexity index is 398. The summed E-state index contributed by atoms with van der Waals surface area (Å²) in [6.45, 7) is 1.89. The van der Waals surface area contributed by atoms with Crippen LogP contribution in [0.2, 0.25) is 0 Å². The molecule has 1 aromatic rings. The largest absolute Gasteiger partial charge is 0.394 e. The van der Waals surface area contributed by atoms with Crippen molar-refractivity contribution in [3.63, 3.8) is 0 Å². The molecule has 1 heterocycles. The molecule has 0 saturated heterocycles. The van der Waals surface area contributed by atoms with Gasteiger partial charge in [0.2, 0.25) is 0 Å². The van der Waals surface area contributed by atoms with Crippen molar-refractivity contribution >= 4 is 49.0 Å². The molecular weight excluding hydrogens is 386 g/mol. The van der Waals surface area contributed by atoms with E-state index in [9.17, 15) is 4.79 Å². The zero-order valence-electron chi connectivity index (χ0n) is 9.99. The molecule has 1 aromatic heterocycles. The van der Waals surface area contributed by atoms with Gasteiger partial charge < -0.3 is 9.84 Å². The van der Waals surface area contributed by atoms with Gasteiger partial charge >= 0.3 is 0 Å². The van der Waals surface area contributed by atoms with Gasteiger partial charge in [-0.25, -0.2) is 0 Å². The van der Waals surface area contributed by atoms with Crippen LogP contribution in [-0.4, -0.2) is 55.7 Å². The summed E-state index contributed by atoms with van der Waals surface area (Å²) in [5.41, 5.74) is 0.704. The number of likely N-dealkylation sites (N-methyl/N-ethyl adjacent to an activating group) is 1. The lowest BCUT2D eigenvalue weighted by Crippen LogP contribution is -2.29. The van der Waals surface area contributed by atoms with E-state index < -0.39 is 0 Å². The molecule has 0 amide bonds.